The highest BCUT2D eigenvalue weighted by Gasteiger charge is 2.19. The van der Waals surface area contributed by atoms with Gasteiger partial charge in [0.2, 0.25) is 0 Å². The van der Waals surface area contributed by atoms with Gasteiger partial charge in [-0.15, -0.1) is 0 Å². The highest BCUT2D eigenvalue weighted by molar-refractivity contribution is 5.79. The molecule has 0 amide bonds. The van der Waals surface area contributed by atoms with Crippen LogP contribution in [0.4, 0.5) is 0 Å². The maximum absolute atomic E-state index is 5.32. The Kier molecular flexibility index (Phi) is 6.91. The normalized spacial score (nSPS) is 13.0. The zero-order chi connectivity index (χ0) is 16.8. The molecule has 0 radical (unpaired) electrons. The minimum atomic E-state index is 0.239. The third-order valence-electron chi connectivity index (χ3n) is 3.52. The second kappa shape index (κ2) is 8.20. The van der Waals surface area contributed by atoms with Crippen molar-refractivity contribution in [3.63, 3.8) is 0 Å². The number of aliphatic imine (C=N–C) groups is 1. The van der Waals surface area contributed by atoms with Crippen molar-refractivity contribution in [2.45, 2.75) is 60.4 Å². The fraction of sp³-hybridized carbons (Fsp3) is 0.765. The van der Waals surface area contributed by atoms with Gasteiger partial charge in [-0.2, -0.15) is 0 Å². The molecule has 0 bridgehead atoms. The van der Waals surface area contributed by atoms with Crippen LogP contribution in [0.3, 0.4) is 0 Å². The molecule has 0 aliphatic rings. The summed E-state index contributed by atoms with van der Waals surface area (Å²) >= 11 is 0. The highest BCUT2D eigenvalue weighted by atomic mass is 16.5. The van der Waals surface area contributed by atoms with E-state index in [-0.39, 0.29) is 5.41 Å². The molecule has 1 aromatic heterocycles. The second-order valence-corrected chi connectivity index (χ2v) is 7.41. The molecule has 0 saturated carbocycles. The Labute approximate surface area is 135 Å². The Morgan fingerprint density at radius 3 is 2.45 bits per heavy atom. The van der Waals surface area contributed by atoms with Crippen LogP contribution >= 0.6 is 0 Å². The van der Waals surface area contributed by atoms with E-state index in [1.54, 1.807) is 7.05 Å². The fourth-order valence-electron chi connectivity index (χ4n) is 2.58. The van der Waals surface area contributed by atoms with Crippen LogP contribution in [0.25, 0.3) is 0 Å². The molecule has 0 spiro atoms. The Hall–Kier alpha value is -1.52. The van der Waals surface area contributed by atoms with Gasteiger partial charge in [0.25, 0.3) is 0 Å². The first kappa shape index (κ1) is 18.5. The maximum Gasteiger partial charge on any atom is 0.191 e. The Balaban J connectivity index is 2.45. The van der Waals surface area contributed by atoms with Gasteiger partial charge in [0.05, 0.1) is 12.2 Å². The van der Waals surface area contributed by atoms with Crippen LogP contribution in [0.5, 0.6) is 0 Å². The van der Waals surface area contributed by atoms with Gasteiger partial charge in [-0.05, 0) is 23.7 Å². The first-order valence-electron chi connectivity index (χ1n) is 8.13. The van der Waals surface area contributed by atoms with Gasteiger partial charge in [0.15, 0.2) is 11.7 Å². The lowest BCUT2D eigenvalue weighted by atomic mass is 9.84. The van der Waals surface area contributed by atoms with Crippen LogP contribution in [0, 0.1) is 11.3 Å². The van der Waals surface area contributed by atoms with E-state index in [1.165, 1.54) is 6.42 Å². The van der Waals surface area contributed by atoms with Crippen molar-refractivity contribution in [1.29, 1.82) is 0 Å². The van der Waals surface area contributed by atoms with Crippen LogP contribution in [-0.4, -0.2) is 24.7 Å². The van der Waals surface area contributed by atoms with Crippen molar-refractivity contribution in [1.82, 2.24) is 15.8 Å². The van der Waals surface area contributed by atoms with Crippen LogP contribution in [-0.2, 0) is 6.54 Å². The third kappa shape index (κ3) is 6.50. The lowest BCUT2D eigenvalue weighted by molar-refractivity contribution is 0.286. The molecule has 1 heterocycles. The zero-order valence-electron chi connectivity index (χ0n) is 15.2. The SMILES string of the molecule is CN=C(NCc1cc(C(C)C)no1)NCC(C)(C)CC(C)C. The van der Waals surface area contributed by atoms with Crippen molar-refractivity contribution >= 4 is 5.96 Å². The average molecular weight is 308 g/mol. The minimum absolute atomic E-state index is 0.239. The summed E-state index contributed by atoms with van der Waals surface area (Å²) in [6.45, 7) is 14.7. The molecule has 1 rings (SSSR count). The van der Waals surface area contributed by atoms with E-state index in [0.29, 0.717) is 18.4 Å². The van der Waals surface area contributed by atoms with Crippen molar-refractivity contribution in [3.8, 4) is 0 Å². The van der Waals surface area contributed by atoms with Gasteiger partial charge < -0.3 is 15.2 Å². The van der Waals surface area contributed by atoms with Gasteiger partial charge in [-0.1, -0.05) is 46.7 Å². The van der Waals surface area contributed by atoms with Crippen molar-refractivity contribution in [2.75, 3.05) is 13.6 Å². The minimum Gasteiger partial charge on any atom is -0.359 e. The number of guanidine groups is 1. The van der Waals surface area contributed by atoms with Gasteiger partial charge in [0.1, 0.15) is 0 Å². The largest absolute Gasteiger partial charge is 0.359 e. The number of nitrogens with zero attached hydrogens (tertiary/aromatic N) is 2. The van der Waals surface area contributed by atoms with Gasteiger partial charge in [0, 0.05) is 19.7 Å². The molecule has 0 atom stereocenters. The summed E-state index contributed by atoms with van der Waals surface area (Å²) in [7, 11) is 1.78. The van der Waals surface area contributed by atoms with E-state index in [1.807, 2.05) is 6.07 Å². The topological polar surface area (TPSA) is 62.5 Å². The molecule has 0 aliphatic heterocycles. The Bertz CT molecular complexity index is 475. The molecule has 0 aliphatic carbocycles. The molecule has 5 heteroatoms. The molecule has 0 saturated heterocycles. The second-order valence-electron chi connectivity index (χ2n) is 7.41. The van der Waals surface area contributed by atoms with Crippen molar-refractivity contribution in [3.05, 3.63) is 17.5 Å². The predicted molar refractivity (Wildman–Crippen MR) is 92.0 cm³/mol. The molecule has 22 heavy (non-hydrogen) atoms. The number of hydrogen-bond acceptors (Lipinski definition) is 3. The van der Waals surface area contributed by atoms with Crippen LogP contribution in [0.1, 0.15) is 65.3 Å². The molecule has 0 aromatic carbocycles. The standard InChI is InChI=1S/C17H32N4O/c1-12(2)9-17(5,6)11-20-16(18-7)19-10-14-8-15(13(3)4)21-22-14/h8,12-13H,9-11H2,1-7H3,(H2,18,19,20). The van der Waals surface area contributed by atoms with Crippen molar-refractivity contribution < 1.29 is 4.52 Å². The molecule has 126 valence electrons. The summed E-state index contributed by atoms with van der Waals surface area (Å²) in [5.41, 5.74) is 1.22. The quantitative estimate of drug-likeness (QED) is 0.597. The van der Waals surface area contributed by atoms with E-state index in [2.05, 4.69) is 62.3 Å². The van der Waals surface area contributed by atoms with E-state index in [4.69, 9.17) is 4.52 Å². The zero-order valence-corrected chi connectivity index (χ0v) is 15.2. The van der Waals surface area contributed by atoms with Gasteiger partial charge >= 0.3 is 0 Å². The summed E-state index contributed by atoms with van der Waals surface area (Å²) in [5.74, 6) is 2.69. The Morgan fingerprint density at radius 2 is 1.95 bits per heavy atom. The molecule has 0 fully saturated rings. The van der Waals surface area contributed by atoms with Crippen LogP contribution in [0.15, 0.2) is 15.6 Å². The van der Waals surface area contributed by atoms with Gasteiger partial charge in [-0.3, -0.25) is 4.99 Å². The molecule has 2 N–H and O–H groups in total. The Morgan fingerprint density at radius 1 is 1.27 bits per heavy atom. The number of hydrogen-bond donors (Lipinski definition) is 2. The van der Waals surface area contributed by atoms with Gasteiger partial charge in [-0.25, -0.2) is 0 Å². The lowest BCUT2D eigenvalue weighted by Gasteiger charge is -2.27. The van der Waals surface area contributed by atoms with Crippen LogP contribution in [0.2, 0.25) is 0 Å². The van der Waals surface area contributed by atoms with E-state index >= 15 is 0 Å². The summed E-state index contributed by atoms with van der Waals surface area (Å²) in [5, 5.41) is 10.7. The number of nitrogens with one attached hydrogen (secondary N) is 2. The number of rotatable bonds is 7. The molecule has 1 aromatic rings. The average Bonchev–Trinajstić information content (AvgIpc) is 2.86. The smallest absolute Gasteiger partial charge is 0.191 e. The highest BCUT2D eigenvalue weighted by Crippen LogP contribution is 2.23. The molecular formula is C17H32N4O. The summed E-state index contributed by atoms with van der Waals surface area (Å²) in [6, 6.07) is 1.99. The monoisotopic (exact) mass is 308 g/mol. The molecule has 0 unspecified atom stereocenters. The third-order valence-corrected chi connectivity index (χ3v) is 3.52. The van der Waals surface area contributed by atoms with Crippen LogP contribution < -0.4 is 10.6 Å². The summed E-state index contributed by atoms with van der Waals surface area (Å²) in [6.07, 6.45) is 1.18. The first-order chi connectivity index (χ1) is 10.2. The summed E-state index contributed by atoms with van der Waals surface area (Å²) < 4.78 is 5.32. The number of aromatic nitrogens is 1. The predicted octanol–water partition coefficient (Wildman–Crippen LogP) is 3.54. The lowest BCUT2D eigenvalue weighted by Crippen LogP contribution is -2.42. The molecular weight excluding hydrogens is 276 g/mol. The van der Waals surface area contributed by atoms with E-state index in [0.717, 1.165) is 24.0 Å². The molecule has 5 nitrogen and oxygen atoms in total. The maximum atomic E-state index is 5.32. The summed E-state index contributed by atoms with van der Waals surface area (Å²) in [4.78, 5) is 4.26. The first-order valence-corrected chi connectivity index (χ1v) is 8.13. The van der Waals surface area contributed by atoms with E-state index in [9.17, 15) is 0 Å². The van der Waals surface area contributed by atoms with Crippen molar-refractivity contribution in [2.24, 2.45) is 16.3 Å². The fourth-order valence-corrected chi connectivity index (χ4v) is 2.58. The van der Waals surface area contributed by atoms with E-state index < -0.39 is 0 Å².